The second-order valence-electron chi connectivity index (χ2n) is 0. The summed E-state index contributed by atoms with van der Waals surface area (Å²) in [7, 11) is 4.50. The van der Waals surface area contributed by atoms with Crippen molar-refractivity contribution in [1.29, 1.82) is 0 Å². The summed E-state index contributed by atoms with van der Waals surface area (Å²) in [6, 6.07) is 0. The molecule has 0 rings (SSSR count). The Morgan fingerprint density at radius 2 is 1.25 bits per heavy atom. The Bertz CT molecular complexity index is 8.00. The second kappa shape index (κ2) is 28.5. The minimum absolute atomic E-state index is 0. The van der Waals surface area contributed by atoms with E-state index in [1.54, 1.807) is 0 Å². The molecule has 0 unspecified atom stereocenters. The number of rotatable bonds is 0. The smallest absolute Gasteiger partial charge is 0.0606 e. The molecule has 0 atom stereocenters. The van der Waals surface area contributed by atoms with E-state index < -0.39 is 0 Å². The molecule has 0 saturated carbocycles. The zero-order valence-corrected chi connectivity index (χ0v) is 6.29. The molecule has 0 aliphatic rings. The Balaban J connectivity index is -0.00000000500. The molecule has 3 heteroatoms. The number of hydrogen-bond acceptors (Lipinski definition) is 0. The Labute approximate surface area is 52.6 Å². The molecule has 0 nitrogen and oxygen atoms in total. The molecule has 4 heavy (non-hydrogen) atoms. The topological polar surface area (TPSA) is 0 Å². The number of hydrogen-bond donors (Lipinski definition) is 0. The van der Waals surface area contributed by atoms with Crippen LogP contribution in [0.3, 0.4) is 0 Å². The van der Waals surface area contributed by atoms with E-state index in [1.165, 1.54) is 6.82 Å². The van der Waals surface area contributed by atoms with Crippen molar-refractivity contribution < 1.29 is 37.8 Å². The summed E-state index contributed by atoms with van der Waals surface area (Å²) in [6.45, 7) is 1.50. The zero-order chi connectivity index (χ0) is 2.00. The van der Waals surface area contributed by atoms with E-state index >= 15 is 0 Å². The largest absolute Gasteiger partial charge is 0.0999 e. The van der Waals surface area contributed by atoms with E-state index in [4.69, 9.17) is 0 Å². The van der Waals surface area contributed by atoms with Gasteiger partial charge in [0.2, 0.25) is 0 Å². The summed E-state index contributed by atoms with van der Waals surface area (Å²) in [5.74, 6) is 0. The maximum Gasteiger partial charge on any atom is 0.0606 e. The van der Waals surface area contributed by atoms with Gasteiger partial charge in [-0.05, 0) is 0 Å². The van der Waals surface area contributed by atoms with Gasteiger partial charge in [0.15, 0.2) is 0 Å². The second-order valence-corrected chi connectivity index (χ2v) is 0. The molecule has 25 valence electrons. The molecule has 0 spiro atoms. The first-order valence-corrected chi connectivity index (χ1v) is 0.577. The van der Waals surface area contributed by atoms with Crippen LogP contribution < -0.4 is 0 Å². The van der Waals surface area contributed by atoms with Crippen LogP contribution in [0, 0.1) is 0 Å². The molecule has 0 fully saturated rings. The van der Waals surface area contributed by atoms with Gasteiger partial charge in [-0.15, -0.1) is 0 Å². The fourth-order valence-corrected chi connectivity index (χ4v) is 0. The van der Waals surface area contributed by atoms with Crippen LogP contribution in [0.2, 0.25) is 6.82 Å². The quantitative estimate of drug-likeness (QED) is 0.551. The molecule has 0 aromatic heterocycles. The maximum absolute atomic E-state index is 4.50. The SMILES string of the molecule is [B]C.[Co].[W]. The Morgan fingerprint density at radius 1 is 1.25 bits per heavy atom. The monoisotopic (exact) mass is 269 g/mol. The third-order valence-electron chi connectivity index (χ3n) is 0. The van der Waals surface area contributed by atoms with Gasteiger partial charge >= 0.3 is 0 Å². The molecule has 0 aromatic rings. The summed E-state index contributed by atoms with van der Waals surface area (Å²) >= 11 is 0. The van der Waals surface area contributed by atoms with Crippen LogP contribution >= 0.6 is 0 Å². The van der Waals surface area contributed by atoms with Crippen LogP contribution in [0.1, 0.15) is 0 Å². The van der Waals surface area contributed by atoms with Crippen LogP contribution in [-0.4, -0.2) is 7.85 Å². The summed E-state index contributed by atoms with van der Waals surface area (Å²) in [5, 5.41) is 0. The average Bonchev–Trinajstić information content (AvgIpc) is 1.00. The summed E-state index contributed by atoms with van der Waals surface area (Å²) in [5.41, 5.74) is 0. The van der Waals surface area contributed by atoms with E-state index in [-0.39, 0.29) is 37.8 Å². The zero-order valence-electron chi connectivity index (χ0n) is 2.32. The van der Waals surface area contributed by atoms with Crippen LogP contribution in [0.5, 0.6) is 0 Å². The van der Waals surface area contributed by atoms with Crippen molar-refractivity contribution in [2.24, 2.45) is 0 Å². The molecule has 0 saturated heterocycles. The predicted octanol–water partition coefficient (Wildman–Crippen LogP) is 0.198. The van der Waals surface area contributed by atoms with E-state index in [9.17, 15) is 0 Å². The van der Waals surface area contributed by atoms with Gasteiger partial charge in [0.25, 0.3) is 0 Å². The third kappa shape index (κ3) is 10.5. The van der Waals surface area contributed by atoms with Gasteiger partial charge in [0.05, 0.1) is 7.85 Å². The maximum atomic E-state index is 4.50. The molecule has 0 aliphatic heterocycles. The summed E-state index contributed by atoms with van der Waals surface area (Å²) in [4.78, 5) is 0. The van der Waals surface area contributed by atoms with E-state index in [0.717, 1.165) is 0 Å². The molecular weight excluding hydrogens is 266 g/mol. The fraction of sp³-hybridized carbons (Fsp3) is 1.00. The van der Waals surface area contributed by atoms with Crippen LogP contribution in [0.15, 0.2) is 0 Å². The Kier molecular flexibility index (Phi) is 133. The summed E-state index contributed by atoms with van der Waals surface area (Å²) < 4.78 is 0. The molecule has 0 N–H and O–H groups in total. The van der Waals surface area contributed by atoms with Crippen LogP contribution in [0.25, 0.3) is 0 Å². The third-order valence-corrected chi connectivity index (χ3v) is 0. The van der Waals surface area contributed by atoms with Crippen molar-refractivity contribution in [3.8, 4) is 0 Å². The van der Waals surface area contributed by atoms with Gasteiger partial charge in [-0.25, -0.2) is 0 Å². The van der Waals surface area contributed by atoms with Gasteiger partial charge in [-0.3, -0.25) is 0 Å². The first kappa shape index (κ1) is 18.7. The van der Waals surface area contributed by atoms with Crippen molar-refractivity contribution in [2.45, 2.75) is 6.82 Å². The van der Waals surface area contributed by atoms with E-state index in [1.807, 2.05) is 0 Å². The fourth-order valence-electron chi connectivity index (χ4n) is 0. The Hall–Kier alpha value is 1.26. The van der Waals surface area contributed by atoms with Crippen molar-refractivity contribution in [1.82, 2.24) is 0 Å². The molecule has 0 heterocycles. The standard InChI is InChI=1S/CH3B.Co.W/c1-2;;/h1H3;;. The summed E-state index contributed by atoms with van der Waals surface area (Å²) in [6.07, 6.45) is 0. The molecule has 0 aliphatic carbocycles. The van der Waals surface area contributed by atoms with Gasteiger partial charge in [-0.2, -0.15) is 0 Å². The van der Waals surface area contributed by atoms with Gasteiger partial charge in [-0.1, -0.05) is 6.82 Å². The predicted molar refractivity (Wildman–Crippen MR) is 11.6 cm³/mol. The molecule has 3 radical (unpaired) electrons. The van der Waals surface area contributed by atoms with Gasteiger partial charge in [0.1, 0.15) is 0 Å². The minimum atomic E-state index is 0. The van der Waals surface area contributed by atoms with E-state index in [2.05, 4.69) is 7.85 Å². The van der Waals surface area contributed by atoms with Crippen molar-refractivity contribution in [3.05, 3.63) is 0 Å². The first-order chi connectivity index (χ1) is 1.00. The van der Waals surface area contributed by atoms with Crippen molar-refractivity contribution >= 4 is 7.85 Å². The Morgan fingerprint density at radius 3 is 1.25 bits per heavy atom. The van der Waals surface area contributed by atoms with Gasteiger partial charge < -0.3 is 0 Å². The molecule has 0 bridgehead atoms. The van der Waals surface area contributed by atoms with E-state index in [0.29, 0.717) is 0 Å². The van der Waals surface area contributed by atoms with Crippen molar-refractivity contribution in [2.75, 3.05) is 0 Å². The minimum Gasteiger partial charge on any atom is -0.0999 e. The molecule has 0 aromatic carbocycles. The van der Waals surface area contributed by atoms with Crippen LogP contribution in [0.4, 0.5) is 0 Å². The molecule has 0 amide bonds. The normalized spacial score (nSPS) is 1.25. The van der Waals surface area contributed by atoms with Crippen molar-refractivity contribution in [3.63, 3.8) is 0 Å². The van der Waals surface area contributed by atoms with Crippen LogP contribution in [-0.2, 0) is 37.8 Å². The average molecular weight is 269 g/mol. The first-order valence-electron chi connectivity index (χ1n) is 0.577. The van der Waals surface area contributed by atoms with Gasteiger partial charge in [0, 0.05) is 37.8 Å². The molecular formula is CH3BCoW.